The van der Waals surface area contributed by atoms with Crippen molar-refractivity contribution in [1.29, 1.82) is 0 Å². The van der Waals surface area contributed by atoms with E-state index in [0.717, 1.165) is 0 Å². The molecule has 0 aliphatic rings. The molecule has 0 spiro atoms. The summed E-state index contributed by atoms with van der Waals surface area (Å²) in [5, 5.41) is 2.91. The highest BCUT2D eigenvalue weighted by Gasteiger charge is 2.15. The first-order valence-corrected chi connectivity index (χ1v) is 6.24. The maximum Gasteiger partial charge on any atom is 0.411 e. The van der Waals surface area contributed by atoms with E-state index in [0.29, 0.717) is 21.8 Å². The van der Waals surface area contributed by atoms with Gasteiger partial charge in [0.2, 0.25) is 0 Å². The van der Waals surface area contributed by atoms with E-state index in [1.54, 1.807) is 36.4 Å². The molecule has 20 heavy (non-hydrogen) atoms. The number of ketones is 1. The van der Waals surface area contributed by atoms with Crippen LogP contribution in [0.25, 0.3) is 0 Å². The van der Waals surface area contributed by atoms with Crippen LogP contribution in [0.1, 0.15) is 15.9 Å². The predicted octanol–water partition coefficient (Wildman–Crippen LogP) is 3.75. The number of hydrogen-bond donors (Lipinski definition) is 1. The van der Waals surface area contributed by atoms with Gasteiger partial charge in [0.05, 0.1) is 12.8 Å². The van der Waals surface area contributed by atoms with Gasteiger partial charge >= 0.3 is 6.09 Å². The molecule has 0 aromatic heterocycles. The molecule has 0 fully saturated rings. The molecule has 5 heteroatoms. The Hall–Kier alpha value is -2.33. The lowest BCUT2D eigenvalue weighted by molar-refractivity contribution is 0.103. The van der Waals surface area contributed by atoms with Crippen LogP contribution in [0.5, 0.6) is 0 Å². The highest BCUT2D eigenvalue weighted by atomic mass is 35.5. The number of nitrogens with one attached hydrogen (secondary N) is 1. The van der Waals surface area contributed by atoms with Crippen molar-refractivity contribution in [2.24, 2.45) is 0 Å². The Morgan fingerprint density at radius 3 is 2.45 bits per heavy atom. The summed E-state index contributed by atoms with van der Waals surface area (Å²) in [6, 6.07) is 13.4. The fourth-order valence-electron chi connectivity index (χ4n) is 1.72. The number of carbonyl (C=O) groups excluding carboxylic acids is 2. The predicted molar refractivity (Wildman–Crippen MR) is 77.4 cm³/mol. The highest BCUT2D eigenvalue weighted by Crippen LogP contribution is 2.23. The Bertz CT molecular complexity index is 641. The van der Waals surface area contributed by atoms with Crippen molar-refractivity contribution >= 4 is 29.2 Å². The topological polar surface area (TPSA) is 55.4 Å². The number of ether oxygens (including phenoxy) is 1. The normalized spacial score (nSPS) is 9.90. The molecule has 1 N–H and O–H groups in total. The first kappa shape index (κ1) is 14.1. The summed E-state index contributed by atoms with van der Waals surface area (Å²) in [6.45, 7) is 0. The zero-order valence-electron chi connectivity index (χ0n) is 10.7. The molecule has 2 aromatic rings. The van der Waals surface area contributed by atoms with Gasteiger partial charge in [-0.15, -0.1) is 0 Å². The maximum atomic E-state index is 12.4. The van der Waals surface area contributed by atoms with Crippen LogP contribution in [0.4, 0.5) is 10.5 Å². The summed E-state index contributed by atoms with van der Waals surface area (Å²) in [5.74, 6) is -0.223. The van der Waals surface area contributed by atoms with Crippen LogP contribution < -0.4 is 5.32 Å². The molecular weight excluding hydrogens is 278 g/mol. The van der Waals surface area contributed by atoms with Gasteiger partial charge in [-0.05, 0) is 18.2 Å². The van der Waals surface area contributed by atoms with Gasteiger partial charge in [-0.3, -0.25) is 10.1 Å². The average molecular weight is 290 g/mol. The Morgan fingerprint density at radius 2 is 1.80 bits per heavy atom. The summed E-state index contributed by atoms with van der Waals surface area (Å²) in [4.78, 5) is 23.7. The second-order valence-corrected chi connectivity index (χ2v) is 4.44. The van der Waals surface area contributed by atoms with E-state index < -0.39 is 6.09 Å². The minimum Gasteiger partial charge on any atom is -0.453 e. The standard InChI is InChI=1S/C15H12ClNO3/c1-20-15(19)17-13-8-7-11(16)9-12(13)14(18)10-5-3-2-4-6-10/h2-9H,1H3,(H,17,19). The van der Waals surface area contributed by atoms with Crippen molar-refractivity contribution in [2.75, 3.05) is 12.4 Å². The van der Waals surface area contributed by atoms with Gasteiger partial charge in [0.1, 0.15) is 0 Å². The number of benzene rings is 2. The first-order valence-electron chi connectivity index (χ1n) is 5.86. The molecule has 2 rings (SSSR count). The Balaban J connectivity index is 2.41. The fourth-order valence-corrected chi connectivity index (χ4v) is 1.89. The van der Waals surface area contributed by atoms with Gasteiger partial charge in [0.15, 0.2) is 5.78 Å². The van der Waals surface area contributed by atoms with E-state index in [1.165, 1.54) is 13.2 Å². The van der Waals surface area contributed by atoms with E-state index in [4.69, 9.17) is 11.6 Å². The van der Waals surface area contributed by atoms with Crippen molar-refractivity contribution in [3.8, 4) is 0 Å². The molecule has 1 amide bonds. The van der Waals surface area contributed by atoms with Gasteiger partial charge in [0.25, 0.3) is 0 Å². The first-order chi connectivity index (χ1) is 9.61. The molecule has 0 radical (unpaired) electrons. The quantitative estimate of drug-likeness (QED) is 0.876. The third kappa shape index (κ3) is 3.16. The second-order valence-electron chi connectivity index (χ2n) is 4.00. The number of halogens is 1. The molecule has 0 saturated heterocycles. The van der Waals surface area contributed by atoms with Crippen LogP contribution in [0.15, 0.2) is 48.5 Å². The van der Waals surface area contributed by atoms with Crippen LogP contribution in [0.3, 0.4) is 0 Å². The summed E-state index contributed by atoms with van der Waals surface area (Å²) >= 11 is 5.92. The molecule has 0 heterocycles. The molecule has 0 bridgehead atoms. The van der Waals surface area contributed by atoms with Crippen LogP contribution in [-0.2, 0) is 4.74 Å². The third-order valence-corrected chi connectivity index (χ3v) is 2.92. The summed E-state index contributed by atoms with van der Waals surface area (Å²) < 4.78 is 4.53. The van der Waals surface area contributed by atoms with E-state index in [-0.39, 0.29) is 5.78 Å². The molecule has 4 nitrogen and oxygen atoms in total. The molecule has 102 valence electrons. The monoisotopic (exact) mass is 289 g/mol. The fraction of sp³-hybridized carbons (Fsp3) is 0.0667. The van der Waals surface area contributed by atoms with Crippen molar-refractivity contribution in [2.45, 2.75) is 0 Å². The van der Waals surface area contributed by atoms with E-state index in [9.17, 15) is 9.59 Å². The molecule has 0 unspecified atom stereocenters. The van der Waals surface area contributed by atoms with Crippen LogP contribution in [0, 0.1) is 0 Å². The number of carbonyl (C=O) groups is 2. The Labute approximate surface area is 121 Å². The van der Waals surface area contributed by atoms with Crippen LogP contribution >= 0.6 is 11.6 Å². The lowest BCUT2D eigenvalue weighted by Gasteiger charge is -2.10. The van der Waals surface area contributed by atoms with Gasteiger partial charge < -0.3 is 4.74 Å². The van der Waals surface area contributed by atoms with Crippen molar-refractivity contribution in [3.05, 3.63) is 64.7 Å². The van der Waals surface area contributed by atoms with Crippen LogP contribution in [0.2, 0.25) is 5.02 Å². The molecule has 0 saturated carbocycles. The molecular formula is C15H12ClNO3. The lowest BCUT2D eigenvalue weighted by atomic mass is 10.0. The smallest absolute Gasteiger partial charge is 0.411 e. The van der Waals surface area contributed by atoms with Gasteiger partial charge in [-0.1, -0.05) is 41.9 Å². The van der Waals surface area contributed by atoms with E-state index >= 15 is 0 Å². The number of hydrogen-bond acceptors (Lipinski definition) is 3. The maximum absolute atomic E-state index is 12.4. The number of anilines is 1. The molecule has 0 atom stereocenters. The Morgan fingerprint density at radius 1 is 1.10 bits per heavy atom. The average Bonchev–Trinajstić information content (AvgIpc) is 2.49. The largest absolute Gasteiger partial charge is 0.453 e. The van der Waals surface area contributed by atoms with Crippen LogP contribution in [-0.4, -0.2) is 19.0 Å². The number of methoxy groups -OCH3 is 1. The minimum absolute atomic E-state index is 0.223. The van der Waals surface area contributed by atoms with Crippen molar-refractivity contribution in [1.82, 2.24) is 0 Å². The summed E-state index contributed by atoms with van der Waals surface area (Å²) in [7, 11) is 1.25. The minimum atomic E-state index is -0.644. The zero-order chi connectivity index (χ0) is 14.5. The molecule has 0 aliphatic carbocycles. The second kappa shape index (κ2) is 6.21. The Kier molecular flexibility index (Phi) is 4.38. The molecule has 2 aromatic carbocycles. The SMILES string of the molecule is COC(=O)Nc1ccc(Cl)cc1C(=O)c1ccccc1. The zero-order valence-corrected chi connectivity index (χ0v) is 11.5. The lowest BCUT2D eigenvalue weighted by Crippen LogP contribution is -2.14. The number of amides is 1. The third-order valence-electron chi connectivity index (χ3n) is 2.68. The number of rotatable bonds is 3. The van der Waals surface area contributed by atoms with Crippen molar-refractivity contribution < 1.29 is 14.3 Å². The van der Waals surface area contributed by atoms with E-state index in [2.05, 4.69) is 10.1 Å². The summed E-state index contributed by atoms with van der Waals surface area (Å²) in [6.07, 6.45) is -0.644. The summed E-state index contributed by atoms with van der Waals surface area (Å²) in [5.41, 5.74) is 1.19. The van der Waals surface area contributed by atoms with Crippen molar-refractivity contribution in [3.63, 3.8) is 0 Å². The highest BCUT2D eigenvalue weighted by molar-refractivity contribution is 6.31. The van der Waals surface area contributed by atoms with Gasteiger partial charge in [-0.2, -0.15) is 0 Å². The molecule has 0 aliphatic heterocycles. The van der Waals surface area contributed by atoms with E-state index in [1.807, 2.05) is 6.07 Å². The van der Waals surface area contributed by atoms with Gasteiger partial charge in [0, 0.05) is 16.1 Å². The van der Waals surface area contributed by atoms with Gasteiger partial charge in [-0.25, -0.2) is 4.79 Å².